The first-order chi connectivity index (χ1) is 10.1. The molecule has 21 heavy (non-hydrogen) atoms. The van der Waals surface area contributed by atoms with Gasteiger partial charge in [0.25, 0.3) is 0 Å². The van der Waals surface area contributed by atoms with Crippen LogP contribution in [0, 0.1) is 30.6 Å². The van der Waals surface area contributed by atoms with Gasteiger partial charge in [0.2, 0.25) is 0 Å². The predicted octanol–water partition coefficient (Wildman–Crippen LogP) is 2.70. The van der Waals surface area contributed by atoms with Crippen molar-refractivity contribution in [2.45, 2.75) is 52.1 Å². The molecule has 3 rings (SSSR count). The number of aliphatic hydroxyl groups excluding tert-OH is 1. The molecule has 2 fully saturated rings. The molecular weight excluding hydrogens is 262 g/mol. The quantitative estimate of drug-likeness (QED) is 0.862. The van der Waals surface area contributed by atoms with E-state index >= 15 is 0 Å². The molecule has 4 nitrogen and oxygen atoms in total. The summed E-state index contributed by atoms with van der Waals surface area (Å²) in [7, 11) is 0. The van der Waals surface area contributed by atoms with Gasteiger partial charge in [-0.05, 0) is 51.2 Å². The summed E-state index contributed by atoms with van der Waals surface area (Å²) >= 11 is 0. The molecule has 1 aliphatic carbocycles. The first kappa shape index (κ1) is 14.3. The maximum absolute atomic E-state index is 10.4. The molecule has 2 heterocycles. The largest absolute Gasteiger partial charge is 0.392 e. The van der Waals surface area contributed by atoms with Crippen LogP contribution in [-0.4, -0.2) is 29.3 Å². The number of piperidine rings is 1. The van der Waals surface area contributed by atoms with E-state index in [0.717, 1.165) is 62.3 Å². The Labute approximate surface area is 126 Å². The van der Waals surface area contributed by atoms with Crippen LogP contribution in [0.25, 0.3) is 0 Å². The van der Waals surface area contributed by atoms with Crippen LogP contribution in [-0.2, 0) is 0 Å². The number of anilines is 1. The van der Waals surface area contributed by atoms with Crippen molar-refractivity contribution in [1.82, 2.24) is 4.98 Å². The zero-order chi connectivity index (χ0) is 15.0. The number of aromatic nitrogens is 1. The third-order valence-corrected chi connectivity index (χ3v) is 5.20. The van der Waals surface area contributed by atoms with E-state index < -0.39 is 0 Å². The van der Waals surface area contributed by atoms with Crippen LogP contribution in [0.5, 0.6) is 0 Å². The molecule has 1 spiro atoms. The SMILES string of the molecule is Cc1cc(C)c(C#N)c(N2CCC[C@@]3(CCC[C@H]3O)C2)n1. The lowest BCUT2D eigenvalue weighted by atomic mass is 9.76. The first-order valence-corrected chi connectivity index (χ1v) is 7.87. The average molecular weight is 285 g/mol. The van der Waals surface area contributed by atoms with Crippen molar-refractivity contribution in [3.63, 3.8) is 0 Å². The van der Waals surface area contributed by atoms with Crippen LogP contribution in [0.2, 0.25) is 0 Å². The van der Waals surface area contributed by atoms with Crippen LogP contribution >= 0.6 is 0 Å². The Morgan fingerprint density at radius 1 is 1.38 bits per heavy atom. The lowest BCUT2D eigenvalue weighted by Gasteiger charge is -2.43. The average Bonchev–Trinajstić information content (AvgIpc) is 2.79. The molecule has 2 atom stereocenters. The van der Waals surface area contributed by atoms with Crippen LogP contribution in [0.1, 0.15) is 48.9 Å². The van der Waals surface area contributed by atoms with Gasteiger partial charge in [-0.3, -0.25) is 0 Å². The second-order valence-corrected chi connectivity index (χ2v) is 6.69. The topological polar surface area (TPSA) is 60.2 Å². The zero-order valence-corrected chi connectivity index (χ0v) is 12.9. The summed E-state index contributed by atoms with van der Waals surface area (Å²) < 4.78 is 0. The number of hydrogen-bond donors (Lipinski definition) is 1. The molecule has 1 saturated carbocycles. The van der Waals surface area contributed by atoms with Crippen molar-refractivity contribution in [2.75, 3.05) is 18.0 Å². The van der Waals surface area contributed by atoms with Gasteiger partial charge in [0, 0.05) is 24.2 Å². The number of aryl methyl sites for hydroxylation is 2. The van der Waals surface area contributed by atoms with Crippen molar-refractivity contribution in [2.24, 2.45) is 5.41 Å². The minimum Gasteiger partial charge on any atom is -0.392 e. The first-order valence-electron chi connectivity index (χ1n) is 7.87. The van der Waals surface area contributed by atoms with Gasteiger partial charge in [-0.15, -0.1) is 0 Å². The van der Waals surface area contributed by atoms with Gasteiger partial charge in [-0.1, -0.05) is 6.42 Å². The highest BCUT2D eigenvalue weighted by molar-refractivity contribution is 5.58. The highest BCUT2D eigenvalue weighted by atomic mass is 16.3. The van der Waals surface area contributed by atoms with E-state index in [-0.39, 0.29) is 11.5 Å². The van der Waals surface area contributed by atoms with Crippen molar-refractivity contribution in [3.05, 3.63) is 22.9 Å². The van der Waals surface area contributed by atoms with E-state index in [1.807, 2.05) is 19.9 Å². The lowest BCUT2D eigenvalue weighted by molar-refractivity contribution is 0.0407. The van der Waals surface area contributed by atoms with E-state index in [4.69, 9.17) is 0 Å². The number of hydrogen-bond acceptors (Lipinski definition) is 4. The van der Waals surface area contributed by atoms with Crippen molar-refractivity contribution < 1.29 is 5.11 Å². The maximum Gasteiger partial charge on any atom is 0.147 e. The summed E-state index contributed by atoms with van der Waals surface area (Å²) in [6, 6.07) is 4.28. The third-order valence-electron chi connectivity index (χ3n) is 5.20. The normalized spacial score (nSPS) is 28.9. The fraction of sp³-hybridized carbons (Fsp3) is 0.647. The van der Waals surface area contributed by atoms with Gasteiger partial charge in [0.05, 0.1) is 11.7 Å². The molecule has 4 heteroatoms. The standard InChI is InChI=1S/C17H23N3O/c1-12-9-13(2)19-16(14(12)10-18)20-8-4-7-17(11-20)6-3-5-15(17)21/h9,15,21H,3-8,11H2,1-2H3/t15-,17+/m1/s1. The summed E-state index contributed by atoms with van der Waals surface area (Å²) in [6.07, 6.45) is 5.09. The van der Waals surface area contributed by atoms with E-state index in [2.05, 4.69) is 16.0 Å². The molecule has 0 unspecified atom stereocenters. The number of nitrogens with zero attached hydrogens (tertiary/aromatic N) is 3. The van der Waals surface area contributed by atoms with E-state index in [1.54, 1.807) is 0 Å². The summed E-state index contributed by atoms with van der Waals surface area (Å²) in [4.78, 5) is 6.86. The lowest BCUT2D eigenvalue weighted by Crippen LogP contribution is -2.47. The highest BCUT2D eigenvalue weighted by Gasteiger charge is 2.45. The van der Waals surface area contributed by atoms with Crippen LogP contribution in [0.15, 0.2) is 6.07 Å². The molecule has 1 aromatic rings. The fourth-order valence-electron chi connectivity index (χ4n) is 4.12. The smallest absolute Gasteiger partial charge is 0.147 e. The second kappa shape index (κ2) is 5.31. The Morgan fingerprint density at radius 3 is 2.81 bits per heavy atom. The van der Waals surface area contributed by atoms with Gasteiger partial charge in [-0.25, -0.2) is 4.98 Å². The van der Waals surface area contributed by atoms with Gasteiger partial charge >= 0.3 is 0 Å². The molecule has 1 saturated heterocycles. The minimum absolute atomic E-state index is 0.0182. The van der Waals surface area contributed by atoms with Crippen molar-refractivity contribution in [3.8, 4) is 6.07 Å². The Morgan fingerprint density at radius 2 is 2.14 bits per heavy atom. The van der Waals surface area contributed by atoms with Crippen LogP contribution < -0.4 is 4.90 Å². The molecule has 1 aromatic heterocycles. The summed E-state index contributed by atoms with van der Waals surface area (Å²) in [6.45, 7) is 5.71. The van der Waals surface area contributed by atoms with Gasteiger partial charge < -0.3 is 10.0 Å². The fourth-order valence-corrected chi connectivity index (χ4v) is 4.12. The number of aliphatic hydroxyl groups is 1. The van der Waals surface area contributed by atoms with Gasteiger partial charge in [-0.2, -0.15) is 5.26 Å². The number of nitriles is 1. The molecule has 1 N–H and O–H groups in total. The molecule has 0 aromatic carbocycles. The molecule has 0 amide bonds. The van der Waals surface area contributed by atoms with E-state index in [9.17, 15) is 10.4 Å². The third kappa shape index (κ3) is 2.40. The Balaban J connectivity index is 1.96. The highest BCUT2D eigenvalue weighted by Crippen LogP contribution is 2.46. The van der Waals surface area contributed by atoms with Crippen molar-refractivity contribution in [1.29, 1.82) is 5.26 Å². The Hall–Kier alpha value is -1.60. The number of pyridine rings is 1. The summed E-state index contributed by atoms with van der Waals surface area (Å²) in [5.74, 6) is 0.813. The summed E-state index contributed by atoms with van der Waals surface area (Å²) in [5, 5.41) is 19.9. The maximum atomic E-state index is 10.4. The Kier molecular flexibility index (Phi) is 3.62. The van der Waals surface area contributed by atoms with Gasteiger partial charge in [0.15, 0.2) is 0 Å². The molecule has 2 aliphatic rings. The van der Waals surface area contributed by atoms with E-state index in [0.29, 0.717) is 5.56 Å². The van der Waals surface area contributed by atoms with E-state index in [1.165, 1.54) is 0 Å². The summed E-state index contributed by atoms with van der Waals surface area (Å²) in [5.41, 5.74) is 2.65. The van der Waals surface area contributed by atoms with Crippen LogP contribution in [0.3, 0.4) is 0 Å². The Bertz CT molecular complexity index is 592. The van der Waals surface area contributed by atoms with Gasteiger partial charge in [0.1, 0.15) is 11.9 Å². The molecular formula is C17H23N3O. The minimum atomic E-state index is -0.197. The number of rotatable bonds is 1. The zero-order valence-electron chi connectivity index (χ0n) is 12.9. The molecule has 0 bridgehead atoms. The monoisotopic (exact) mass is 285 g/mol. The van der Waals surface area contributed by atoms with Crippen molar-refractivity contribution >= 4 is 5.82 Å². The second-order valence-electron chi connectivity index (χ2n) is 6.69. The molecule has 1 aliphatic heterocycles. The van der Waals surface area contributed by atoms with Crippen LogP contribution in [0.4, 0.5) is 5.82 Å². The molecule has 112 valence electrons. The predicted molar refractivity (Wildman–Crippen MR) is 82.2 cm³/mol. The molecule has 0 radical (unpaired) electrons.